The topological polar surface area (TPSA) is 155 Å². The van der Waals surface area contributed by atoms with Crippen molar-refractivity contribution in [3.05, 3.63) is 76.8 Å². The van der Waals surface area contributed by atoms with Crippen molar-refractivity contribution in [1.82, 2.24) is 25.6 Å². The summed E-state index contributed by atoms with van der Waals surface area (Å²) in [5.74, 6) is -1.04. The number of carbonyl (C=O) groups excluding carboxylic acids is 2. The molecule has 2 amide bonds. The first-order chi connectivity index (χ1) is 18.7. The van der Waals surface area contributed by atoms with E-state index in [4.69, 9.17) is 0 Å². The molecule has 1 fully saturated rings. The Morgan fingerprint density at radius 2 is 1.90 bits per heavy atom. The molecule has 12 heteroatoms. The Morgan fingerprint density at radius 3 is 2.62 bits per heavy atom. The second kappa shape index (κ2) is 10.9. The van der Waals surface area contributed by atoms with Crippen LogP contribution in [0.1, 0.15) is 40.1 Å². The highest BCUT2D eigenvalue weighted by molar-refractivity contribution is 7.91. The highest BCUT2D eigenvalue weighted by Crippen LogP contribution is 2.35. The number of aromatic nitrogens is 3. The van der Waals surface area contributed by atoms with Gasteiger partial charge in [0.2, 0.25) is 11.8 Å². The third kappa shape index (κ3) is 6.27. The Hall–Kier alpha value is -4.21. The van der Waals surface area contributed by atoms with E-state index in [1.807, 2.05) is 18.2 Å². The summed E-state index contributed by atoms with van der Waals surface area (Å²) < 4.78 is 28.0. The normalized spacial score (nSPS) is 13.9. The average molecular weight is 561 g/mol. The van der Waals surface area contributed by atoms with Crippen LogP contribution in [0, 0.1) is 18.3 Å². The number of aryl methyl sites for hydroxylation is 1. The fourth-order valence-electron chi connectivity index (χ4n) is 4.02. The first kappa shape index (κ1) is 26.4. The molecule has 0 bridgehead atoms. The van der Waals surface area contributed by atoms with Crippen molar-refractivity contribution in [2.75, 3.05) is 6.54 Å². The fraction of sp³-hybridized carbons (Fsp3) is 0.259. The van der Waals surface area contributed by atoms with Crippen LogP contribution >= 0.6 is 11.3 Å². The van der Waals surface area contributed by atoms with Crippen LogP contribution in [0.15, 0.2) is 54.9 Å². The monoisotopic (exact) mass is 560 g/mol. The largest absolute Gasteiger partial charge is 0.352 e. The van der Waals surface area contributed by atoms with E-state index in [1.165, 1.54) is 6.07 Å². The van der Waals surface area contributed by atoms with Crippen LogP contribution in [0.5, 0.6) is 0 Å². The van der Waals surface area contributed by atoms with E-state index in [1.54, 1.807) is 43.6 Å². The number of fused-ring (bicyclic) bond motifs is 1. The van der Waals surface area contributed by atoms with E-state index >= 15 is 0 Å². The zero-order valence-electron chi connectivity index (χ0n) is 20.9. The minimum absolute atomic E-state index is 0.0962. The molecule has 1 aliphatic carbocycles. The molecule has 2 aromatic carbocycles. The number of benzene rings is 2. The van der Waals surface area contributed by atoms with Crippen molar-refractivity contribution in [3.8, 4) is 17.2 Å². The van der Waals surface area contributed by atoms with E-state index in [0.717, 1.165) is 35.3 Å². The van der Waals surface area contributed by atoms with Crippen molar-refractivity contribution in [3.63, 3.8) is 0 Å². The molecule has 2 aromatic heterocycles. The van der Waals surface area contributed by atoms with Gasteiger partial charge >= 0.3 is 0 Å². The molecule has 4 aromatic rings. The molecule has 10 nitrogen and oxygen atoms in total. The van der Waals surface area contributed by atoms with Crippen LogP contribution in [0.25, 0.3) is 21.3 Å². The number of rotatable bonds is 9. The lowest BCUT2D eigenvalue weighted by Crippen LogP contribution is -2.41. The molecule has 1 atom stereocenters. The Balaban J connectivity index is 1.48. The van der Waals surface area contributed by atoms with Gasteiger partial charge in [-0.1, -0.05) is 18.2 Å². The molecule has 0 aliphatic heterocycles. The molecule has 2 heterocycles. The number of hydrogen-bond donors (Lipinski definition) is 2. The highest BCUT2D eigenvalue weighted by atomic mass is 32.2. The number of thiazole rings is 1. The van der Waals surface area contributed by atoms with Crippen molar-refractivity contribution in [1.29, 1.82) is 5.26 Å². The molecule has 2 N–H and O–H groups in total. The van der Waals surface area contributed by atoms with Crippen LogP contribution in [0.4, 0.5) is 0 Å². The predicted octanol–water partition coefficient (Wildman–Crippen LogP) is 2.98. The maximum Gasteiger partial charge on any atom is 0.245 e. The molecule has 1 unspecified atom stereocenters. The third-order valence-electron chi connectivity index (χ3n) is 6.13. The van der Waals surface area contributed by atoms with E-state index < -0.39 is 26.7 Å². The summed E-state index contributed by atoms with van der Waals surface area (Å²) in [6.45, 7) is 1.45. The molecule has 0 saturated heterocycles. The van der Waals surface area contributed by atoms with Gasteiger partial charge in [-0.3, -0.25) is 9.59 Å². The van der Waals surface area contributed by atoms with Gasteiger partial charge in [0.05, 0.1) is 34.1 Å². The minimum atomic E-state index is -4.15. The van der Waals surface area contributed by atoms with E-state index in [9.17, 15) is 23.3 Å². The van der Waals surface area contributed by atoms with E-state index in [2.05, 4.69) is 25.6 Å². The SMILES string of the molecule is Cc1ncc(-c2ccc3nc(C(C(=O)NCC(=O)NC4CC4)S(=O)(=O)Cc4cccc(C#N)c4)sc3c2)cn1. The number of carbonyl (C=O) groups is 2. The number of sulfone groups is 1. The van der Waals surface area contributed by atoms with Gasteiger partial charge in [0.15, 0.2) is 15.1 Å². The third-order valence-corrected chi connectivity index (χ3v) is 9.25. The summed E-state index contributed by atoms with van der Waals surface area (Å²) in [5, 5.41) is 12.9. The predicted molar refractivity (Wildman–Crippen MR) is 146 cm³/mol. The number of nitriles is 1. The lowest BCUT2D eigenvalue weighted by atomic mass is 10.1. The smallest absolute Gasteiger partial charge is 0.245 e. The van der Waals surface area contributed by atoms with E-state index in [0.29, 0.717) is 27.2 Å². The number of nitrogens with zero attached hydrogens (tertiary/aromatic N) is 4. The Bertz CT molecular complexity index is 1710. The molecule has 0 spiro atoms. The van der Waals surface area contributed by atoms with Gasteiger partial charge in [0.1, 0.15) is 10.8 Å². The van der Waals surface area contributed by atoms with Gasteiger partial charge < -0.3 is 10.6 Å². The van der Waals surface area contributed by atoms with Crippen molar-refractivity contribution in [2.45, 2.75) is 36.8 Å². The standard InChI is InChI=1S/C27H24N6O4S2/c1-16-29-12-20(13-30-16)19-5-8-22-23(10-19)38-27(33-22)25(26(35)31-14-24(34)32-21-6-7-21)39(36,37)15-18-4-2-3-17(9-18)11-28/h2-5,8-10,12-13,21,25H,6-7,14-15H2,1H3,(H,31,35)(H,32,34). The lowest BCUT2D eigenvalue weighted by Gasteiger charge is -2.16. The summed E-state index contributed by atoms with van der Waals surface area (Å²) in [6, 6.07) is 13.8. The Labute approximate surface area is 229 Å². The van der Waals surface area contributed by atoms with Gasteiger partial charge in [-0.2, -0.15) is 5.26 Å². The van der Waals surface area contributed by atoms with Gasteiger partial charge in [0, 0.05) is 24.0 Å². The first-order valence-electron chi connectivity index (χ1n) is 12.2. The molecule has 1 aliphatic rings. The average Bonchev–Trinajstić information content (AvgIpc) is 3.63. The first-order valence-corrected chi connectivity index (χ1v) is 14.7. The quantitative estimate of drug-likeness (QED) is 0.317. The van der Waals surface area contributed by atoms with E-state index in [-0.39, 0.29) is 23.5 Å². The maximum absolute atomic E-state index is 13.7. The molecular weight excluding hydrogens is 536 g/mol. The molecule has 198 valence electrons. The van der Waals surface area contributed by atoms with Crippen LogP contribution in [-0.4, -0.2) is 47.8 Å². The van der Waals surface area contributed by atoms with Crippen molar-refractivity contribution >= 4 is 43.2 Å². The zero-order valence-corrected chi connectivity index (χ0v) is 22.6. The van der Waals surface area contributed by atoms with Crippen molar-refractivity contribution < 1.29 is 18.0 Å². The Kier molecular flexibility index (Phi) is 7.36. The van der Waals surface area contributed by atoms with Crippen LogP contribution in [0.3, 0.4) is 0 Å². The number of hydrogen-bond acceptors (Lipinski definition) is 9. The summed E-state index contributed by atoms with van der Waals surface area (Å²) >= 11 is 1.10. The fourth-order valence-corrected chi connectivity index (χ4v) is 7.17. The highest BCUT2D eigenvalue weighted by Gasteiger charge is 2.37. The molecule has 0 radical (unpaired) electrons. The second-order valence-corrected chi connectivity index (χ2v) is 12.5. The summed E-state index contributed by atoms with van der Waals surface area (Å²) in [7, 11) is -4.15. The lowest BCUT2D eigenvalue weighted by molar-refractivity contribution is -0.126. The van der Waals surface area contributed by atoms with Gasteiger partial charge in [0.25, 0.3) is 0 Å². The summed E-state index contributed by atoms with van der Waals surface area (Å²) in [4.78, 5) is 38.5. The minimum Gasteiger partial charge on any atom is -0.352 e. The number of nitrogens with one attached hydrogen (secondary N) is 2. The zero-order chi connectivity index (χ0) is 27.6. The molecule has 5 rings (SSSR count). The van der Waals surface area contributed by atoms with Gasteiger partial charge in [-0.15, -0.1) is 11.3 Å². The number of amides is 2. The van der Waals surface area contributed by atoms with Crippen LogP contribution in [-0.2, 0) is 25.2 Å². The summed E-state index contributed by atoms with van der Waals surface area (Å²) in [5.41, 5.74) is 2.84. The van der Waals surface area contributed by atoms with Crippen LogP contribution in [0.2, 0.25) is 0 Å². The second-order valence-electron chi connectivity index (χ2n) is 9.31. The molecule has 39 heavy (non-hydrogen) atoms. The molecule has 1 saturated carbocycles. The Morgan fingerprint density at radius 1 is 1.13 bits per heavy atom. The van der Waals surface area contributed by atoms with Gasteiger partial charge in [-0.25, -0.2) is 23.4 Å². The van der Waals surface area contributed by atoms with Crippen LogP contribution < -0.4 is 10.6 Å². The maximum atomic E-state index is 13.7. The summed E-state index contributed by atoms with van der Waals surface area (Å²) in [6.07, 6.45) is 5.18. The molecular formula is C27H24N6O4S2. The van der Waals surface area contributed by atoms with Gasteiger partial charge in [-0.05, 0) is 55.2 Å². The van der Waals surface area contributed by atoms with Crippen molar-refractivity contribution in [2.24, 2.45) is 0 Å².